The summed E-state index contributed by atoms with van der Waals surface area (Å²) in [6.45, 7) is 7.48. The summed E-state index contributed by atoms with van der Waals surface area (Å²) in [5.41, 5.74) is 8.64. The normalized spacial score (nSPS) is 10.2. The maximum Gasteiger partial charge on any atom is 0.0606 e. The van der Waals surface area contributed by atoms with Crippen LogP contribution in [0.5, 0.6) is 0 Å². The van der Waals surface area contributed by atoms with Crippen LogP contribution in [0.15, 0.2) is 24.9 Å². The number of pyridine rings is 1. The van der Waals surface area contributed by atoms with Crippen molar-refractivity contribution in [1.29, 1.82) is 0 Å². The molecule has 0 unspecified atom stereocenters. The van der Waals surface area contributed by atoms with E-state index in [1.807, 2.05) is 24.0 Å². The highest BCUT2D eigenvalue weighted by Crippen LogP contribution is 2.20. The van der Waals surface area contributed by atoms with Gasteiger partial charge in [-0.25, -0.2) is 0 Å². The van der Waals surface area contributed by atoms with Gasteiger partial charge in [0, 0.05) is 42.8 Å². The van der Waals surface area contributed by atoms with Gasteiger partial charge in [0.2, 0.25) is 0 Å². The van der Waals surface area contributed by atoms with Crippen LogP contribution in [0.4, 0.5) is 5.69 Å². The molecule has 0 saturated carbocycles. The lowest BCUT2D eigenvalue weighted by atomic mass is 10.2. The van der Waals surface area contributed by atoms with E-state index in [-0.39, 0.29) is 6.61 Å². The zero-order chi connectivity index (χ0) is 12.0. The Morgan fingerprint density at radius 1 is 1.62 bits per heavy atom. The van der Waals surface area contributed by atoms with Crippen LogP contribution in [0.1, 0.15) is 11.3 Å². The van der Waals surface area contributed by atoms with Crippen LogP contribution >= 0.6 is 0 Å². The van der Waals surface area contributed by atoms with Crippen LogP contribution in [-0.2, 0) is 6.54 Å². The van der Waals surface area contributed by atoms with E-state index in [1.165, 1.54) is 0 Å². The van der Waals surface area contributed by atoms with Crippen molar-refractivity contribution >= 4 is 5.69 Å². The number of nitrogens with zero attached hydrogens (tertiary/aromatic N) is 2. The van der Waals surface area contributed by atoms with Crippen LogP contribution in [0.2, 0.25) is 0 Å². The number of anilines is 1. The largest absolute Gasteiger partial charge is 0.395 e. The second-order valence-electron chi connectivity index (χ2n) is 3.62. The Kier molecular flexibility index (Phi) is 4.95. The summed E-state index contributed by atoms with van der Waals surface area (Å²) in [6.07, 6.45) is 3.60. The monoisotopic (exact) mass is 221 g/mol. The van der Waals surface area contributed by atoms with E-state index in [0.717, 1.165) is 16.9 Å². The van der Waals surface area contributed by atoms with E-state index in [1.54, 1.807) is 6.20 Å². The Labute approximate surface area is 96.4 Å². The lowest BCUT2D eigenvalue weighted by Crippen LogP contribution is -2.28. The summed E-state index contributed by atoms with van der Waals surface area (Å²) < 4.78 is 0. The Hall–Kier alpha value is -1.39. The number of aryl methyl sites for hydroxylation is 1. The molecule has 0 bridgehead atoms. The van der Waals surface area contributed by atoms with Crippen molar-refractivity contribution in [3.05, 3.63) is 36.2 Å². The second kappa shape index (κ2) is 6.25. The number of hydrogen-bond donors (Lipinski definition) is 2. The van der Waals surface area contributed by atoms with E-state index < -0.39 is 0 Å². The highest BCUT2D eigenvalue weighted by molar-refractivity contribution is 5.54. The first kappa shape index (κ1) is 12.7. The van der Waals surface area contributed by atoms with Crippen LogP contribution < -0.4 is 10.6 Å². The molecule has 0 radical (unpaired) electrons. The third-order valence-corrected chi connectivity index (χ3v) is 2.38. The lowest BCUT2D eigenvalue weighted by molar-refractivity contribution is 0.303. The minimum Gasteiger partial charge on any atom is -0.395 e. The predicted molar refractivity (Wildman–Crippen MR) is 66.4 cm³/mol. The molecule has 0 aliphatic carbocycles. The van der Waals surface area contributed by atoms with Gasteiger partial charge in [0.05, 0.1) is 6.61 Å². The molecule has 4 nitrogen and oxygen atoms in total. The average Bonchev–Trinajstić information content (AvgIpc) is 2.29. The second-order valence-corrected chi connectivity index (χ2v) is 3.62. The molecule has 16 heavy (non-hydrogen) atoms. The molecule has 4 heteroatoms. The zero-order valence-electron chi connectivity index (χ0n) is 9.69. The van der Waals surface area contributed by atoms with E-state index in [2.05, 4.69) is 11.6 Å². The Bertz CT molecular complexity index is 352. The highest BCUT2D eigenvalue weighted by Gasteiger charge is 2.09. The van der Waals surface area contributed by atoms with E-state index >= 15 is 0 Å². The van der Waals surface area contributed by atoms with Gasteiger partial charge in [-0.15, -0.1) is 6.58 Å². The molecule has 1 aromatic rings. The molecule has 1 aromatic heterocycles. The molecular formula is C12H19N3O. The smallest absolute Gasteiger partial charge is 0.0606 e. The highest BCUT2D eigenvalue weighted by atomic mass is 16.3. The van der Waals surface area contributed by atoms with Crippen molar-refractivity contribution in [1.82, 2.24) is 4.98 Å². The summed E-state index contributed by atoms with van der Waals surface area (Å²) in [6, 6.07) is 1.99. The minimum absolute atomic E-state index is 0.110. The van der Waals surface area contributed by atoms with Crippen molar-refractivity contribution in [3.8, 4) is 0 Å². The molecule has 0 aliphatic heterocycles. The van der Waals surface area contributed by atoms with Crippen molar-refractivity contribution in [2.75, 3.05) is 24.6 Å². The van der Waals surface area contributed by atoms with E-state index in [4.69, 9.17) is 10.8 Å². The molecule has 0 fully saturated rings. The number of aliphatic hydroxyl groups excluding tert-OH is 1. The number of nitrogens with two attached hydrogens (primary N) is 1. The molecule has 1 rings (SSSR count). The van der Waals surface area contributed by atoms with Crippen LogP contribution in [0, 0.1) is 6.92 Å². The predicted octanol–water partition coefficient (Wildman–Crippen LogP) is 0.833. The molecule has 0 spiro atoms. The van der Waals surface area contributed by atoms with Gasteiger partial charge in [0.25, 0.3) is 0 Å². The van der Waals surface area contributed by atoms with Crippen molar-refractivity contribution < 1.29 is 5.11 Å². The number of rotatable bonds is 6. The van der Waals surface area contributed by atoms with Gasteiger partial charge in [0.15, 0.2) is 0 Å². The number of aliphatic hydroxyl groups is 1. The maximum atomic E-state index is 9.03. The third kappa shape index (κ3) is 3.05. The molecule has 3 N–H and O–H groups in total. The summed E-state index contributed by atoms with van der Waals surface area (Å²) >= 11 is 0. The minimum atomic E-state index is 0.110. The molecule has 0 atom stereocenters. The van der Waals surface area contributed by atoms with Crippen molar-refractivity contribution in [2.24, 2.45) is 5.73 Å². The summed E-state index contributed by atoms with van der Waals surface area (Å²) in [4.78, 5) is 6.26. The Balaban J connectivity index is 3.04. The zero-order valence-corrected chi connectivity index (χ0v) is 9.69. The molecular weight excluding hydrogens is 202 g/mol. The van der Waals surface area contributed by atoms with E-state index in [9.17, 15) is 0 Å². The molecule has 0 saturated heterocycles. The fraction of sp³-hybridized carbons (Fsp3) is 0.417. The molecule has 1 heterocycles. The quantitative estimate of drug-likeness (QED) is 0.699. The van der Waals surface area contributed by atoms with Gasteiger partial charge in [-0.2, -0.15) is 0 Å². The van der Waals surface area contributed by atoms with Gasteiger partial charge in [0.1, 0.15) is 0 Å². The summed E-state index contributed by atoms with van der Waals surface area (Å²) in [5.74, 6) is 0. The lowest BCUT2D eigenvalue weighted by Gasteiger charge is -2.24. The first-order valence-electron chi connectivity index (χ1n) is 5.35. The first-order chi connectivity index (χ1) is 7.72. The summed E-state index contributed by atoms with van der Waals surface area (Å²) in [5, 5.41) is 9.03. The van der Waals surface area contributed by atoms with Gasteiger partial charge in [-0.1, -0.05) is 6.08 Å². The first-order valence-corrected chi connectivity index (χ1v) is 5.35. The Morgan fingerprint density at radius 2 is 2.38 bits per heavy atom. The van der Waals surface area contributed by atoms with Gasteiger partial charge in [-0.3, -0.25) is 4.98 Å². The SMILES string of the molecule is C=CCN(CCO)c1cc(C)ncc1CN. The van der Waals surface area contributed by atoms with Gasteiger partial charge < -0.3 is 15.7 Å². The summed E-state index contributed by atoms with van der Waals surface area (Å²) in [7, 11) is 0. The number of hydrogen-bond acceptors (Lipinski definition) is 4. The Morgan fingerprint density at radius 3 is 2.94 bits per heavy atom. The van der Waals surface area contributed by atoms with Crippen molar-refractivity contribution in [3.63, 3.8) is 0 Å². The topological polar surface area (TPSA) is 62.4 Å². The molecule has 0 aliphatic rings. The van der Waals surface area contributed by atoms with Gasteiger partial charge >= 0.3 is 0 Å². The molecule has 0 aromatic carbocycles. The van der Waals surface area contributed by atoms with Gasteiger partial charge in [-0.05, 0) is 13.0 Å². The molecule has 0 amide bonds. The fourth-order valence-electron chi connectivity index (χ4n) is 1.61. The molecule has 88 valence electrons. The third-order valence-electron chi connectivity index (χ3n) is 2.38. The maximum absolute atomic E-state index is 9.03. The van der Waals surface area contributed by atoms with Crippen LogP contribution in [0.25, 0.3) is 0 Å². The fourth-order valence-corrected chi connectivity index (χ4v) is 1.61. The average molecular weight is 221 g/mol. The van der Waals surface area contributed by atoms with Crippen molar-refractivity contribution in [2.45, 2.75) is 13.5 Å². The van der Waals surface area contributed by atoms with Crippen LogP contribution in [-0.4, -0.2) is 29.8 Å². The standard InChI is InChI=1S/C12H19N3O/c1-3-4-15(5-6-16)12-7-10(2)14-9-11(12)8-13/h3,7,9,16H,1,4-6,8,13H2,2H3. The van der Waals surface area contributed by atoms with Crippen LogP contribution in [0.3, 0.4) is 0 Å². The number of aromatic nitrogens is 1. The van der Waals surface area contributed by atoms with E-state index in [0.29, 0.717) is 19.6 Å².